The lowest BCUT2D eigenvalue weighted by Crippen LogP contribution is -2.49. The highest BCUT2D eigenvalue weighted by Crippen LogP contribution is 2.31. The van der Waals surface area contributed by atoms with Crippen molar-refractivity contribution < 1.29 is 23.8 Å². The van der Waals surface area contributed by atoms with Crippen LogP contribution in [-0.2, 0) is 14.3 Å². The van der Waals surface area contributed by atoms with Crippen LogP contribution in [0.3, 0.4) is 0 Å². The summed E-state index contributed by atoms with van der Waals surface area (Å²) in [6.45, 7) is 0.596. The van der Waals surface area contributed by atoms with E-state index in [2.05, 4.69) is 11.4 Å². The van der Waals surface area contributed by atoms with Crippen LogP contribution in [0, 0.1) is 11.3 Å². The zero-order valence-electron chi connectivity index (χ0n) is 15.0. The Morgan fingerprint density at radius 2 is 1.93 bits per heavy atom. The van der Waals surface area contributed by atoms with Crippen molar-refractivity contribution in [2.75, 3.05) is 19.8 Å². The number of carbonyl (C=O) groups excluding carboxylic acids is 2. The second kappa shape index (κ2) is 8.58. The van der Waals surface area contributed by atoms with Crippen molar-refractivity contribution in [2.45, 2.75) is 37.6 Å². The van der Waals surface area contributed by atoms with Gasteiger partial charge in [-0.1, -0.05) is 25.3 Å². The Bertz CT molecular complexity index is 775. The first-order valence-corrected chi connectivity index (χ1v) is 9.07. The summed E-state index contributed by atoms with van der Waals surface area (Å²) in [5, 5.41) is 12.1. The van der Waals surface area contributed by atoms with Crippen molar-refractivity contribution in [3.05, 3.63) is 29.8 Å². The molecule has 0 bridgehead atoms. The molecule has 7 nitrogen and oxygen atoms in total. The summed E-state index contributed by atoms with van der Waals surface area (Å²) in [5.41, 5.74) is -0.0747. The first-order valence-electron chi connectivity index (χ1n) is 9.07. The van der Waals surface area contributed by atoms with Gasteiger partial charge in [-0.2, -0.15) is 5.26 Å². The van der Waals surface area contributed by atoms with E-state index in [1.54, 1.807) is 24.3 Å². The van der Waals surface area contributed by atoms with E-state index in [0.29, 0.717) is 37.6 Å². The highest BCUT2D eigenvalue weighted by molar-refractivity contribution is 5.89. The standard InChI is InChI=1S/C20H22N2O5/c21-14-20(8-2-1-3-9-20)22-18(23)13-27-19(24)7-5-15-4-6-16-17(12-15)26-11-10-25-16/h4-7,12H,1-3,8-11,13H2,(H,22,23)/b7-5+. The van der Waals surface area contributed by atoms with Gasteiger partial charge in [-0.05, 0) is 36.6 Å². The van der Waals surface area contributed by atoms with Gasteiger partial charge in [-0.25, -0.2) is 4.79 Å². The molecule has 1 aliphatic carbocycles. The summed E-state index contributed by atoms with van der Waals surface area (Å²) in [6.07, 6.45) is 6.98. The van der Waals surface area contributed by atoms with Crippen LogP contribution in [0.25, 0.3) is 6.08 Å². The van der Waals surface area contributed by atoms with Gasteiger partial charge in [-0.15, -0.1) is 0 Å². The van der Waals surface area contributed by atoms with Crippen molar-refractivity contribution in [1.82, 2.24) is 5.32 Å². The van der Waals surface area contributed by atoms with Crippen molar-refractivity contribution in [1.29, 1.82) is 5.26 Å². The minimum atomic E-state index is -0.831. The molecule has 1 N–H and O–H groups in total. The fourth-order valence-electron chi connectivity index (χ4n) is 3.24. The van der Waals surface area contributed by atoms with Crippen LogP contribution in [0.15, 0.2) is 24.3 Å². The van der Waals surface area contributed by atoms with Crippen LogP contribution in [0.1, 0.15) is 37.7 Å². The fraction of sp³-hybridized carbons (Fsp3) is 0.450. The molecule has 1 fully saturated rings. The number of carbonyl (C=O) groups is 2. The lowest BCUT2D eigenvalue weighted by atomic mass is 9.83. The Morgan fingerprint density at radius 3 is 2.67 bits per heavy atom. The zero-order chi connectivity index (χ0) is 19.1. The monoisotopic (exact) mass is 370 g/mol. The molecule has 2 aliphatic rings. The number of ether oxygens (including phenoxy) is 3. The van der Waals surface area contributed by atoms with Crippen molar-refractivity contribution >= 4 is 18.0 Å². The summed E-state index contributed by atoms with van der Waals surface area (Å²) >= 11 is 0. The summed E-state index contributed by atoms with van der Waals surface area (Å²) < 4.78 is 15.9. The molecule has 142 valence electrons. The molecular formula is C20H22N2O5. The predicted octanol–water partition coefficient (Wildman–Crippen LogP) is 2.36. The Morgan fingerprint density at radius 1 is 1.19 bits per heavy atom. The highest BCUT2D eigenvalue weighted by Gasteiger charge is 2.33. The van der Waals surface area contributed by atoms with E-state index in [9.17, 15) is 14.9 Å². The third-order valence-electron chi connectivity index (χ3n) is 4.62. The van der Waals surface area contributed by atoms with Crippen LogP contribution >= 0.6 is 0 Å². The zero-order valence-corrected chi connectivity index (χ0v) is 15.0. The lowest BCUT2D eigenvalue weighted by Gasteiger charge is -2.31. The summed E-state index contributed by atoms with van der Waals surface area (Å²) in [5.74, 6) is 0.214. The molecule has 0 aromatic heterocycles. The van der Waals surface area contributed by atoms with E-state index >= 15 is 0 Å². The maximum absolute atomic E-state index is 12.0. The Balaban J connectivity index is 1.48. The van der Waals surface area contributed by atoms with Crippen LogP contribution < -0.4 is 14.8 Å². The lowest BCUT2D eigenvalue weighted by molar-refractivity contribution is -0.144. The smallest absolute Gasteiger partial charge is 0.331 e. The normalized spacial score (nSPS) is 17.7. The van der Waals surface area contributed by atoms with Gasteiger partial charge in [0, 0.05) is 6.08 Å². The highest BCUT2D eigenvalue weighted by atomic mass is 16.6. The maximum atomic E-state index is 12.0. The Kier molecular flexibility index (Phi) is 5.97. The fourth-order valence-corrected chi connectivity index (χ4v) is 3.24. The molecule has 7 heteroatoms. The molecular weight excluding hydrogens is 348 g/mol. The third kappa shape index (κ3) is 5.00. The van der Waals surface area contributed by atoms with E-state index in [4.69, 9.17) is 14.2 Å². The number of nitrogens with zero attached hydrogens (tertiary/aromatic N) is 1. The average Bonchev–Trinajstić information content (AvgIpc) is 2.71. The Hall–Kier alpha value is -3.01. The molecule has 1 aromatic carbocycles. The van der Waals surface area contributed by atoms with Crippen molar-refractivity contribution in [3.8, 4) is 17.6 Å². The van der Waals surface area contributed by atoms with Crippen LogP contribution in [0.5, 0.6) is 11.5 Å². The SMILES string of the molecule is N#CC1(NC(=O)COC(=O)/C=C/c2ccc3c(c2)OCCO3)CCCCC1. The number of nitriles is 1. The summed E-state index contributed by atoms with van der Waals surface area (Å²) in [4.78, 5) is 23.9. The molecule has 1 amide bonds. The number of hydrogen-bond donors (Lipinski definition) is 1. The molecule has 1 heterocycles. The minimum absolute atomic E-state index is 0.409. The van der Waals surface area contributed by atoms with E-state index in [-0.39, 0.29) is 0 Å². The average molecular weight is 370 g/mol. The van der Waals surface area contributed by atoms with Gasteiger partial charge >= 0.3 is 5.97 Å². The number of nitrogens with one attached hydrogen (secondary N) is 1. The largest absolute Gasteiger partial charge is 0.486 e. The topological polar surface area (TPSA) is 97.7 Å². The molecule has 0 radical (unpaired) electrons. The molecule has 1 aromatic rings. The van der Waals surface area contributed by atoms with Crippen LogP contribution in [0.2, 0.25) is 0 Å². The predicted molar refractivity (Wildman–Crippen MR) is 97.0 cm³/mol. The Labute approximate surface area is 157 Å². The maximum Gasteiger partial charge on any atom is 0.331 e. The third-order valence-corrected chi connectivity index (χ3v) is 4.62. The van der Waals surface area contributed by atoms with Gasteiger partial charge in [0.1, 0.15) is 18.8 Å². The second-order valence-corrected chi connectivity index (χ2v) is 6.65. The van der Waals surface area contributed by atoms with Gasteiger partial charge < -0.3 is 19.5 Å². The van der Waals surface area contributed by atoms with E-state index in [0.717, 1.165) is 24.8 Å². The van der Waals surface area contributed by atoms with Crippen LogP contribution in [0.4, 0.5) is 0 Å². The first-order chi connectivity index (χ1) is 13.1. The number of fused-ring (bicyclic) bond motifs is 1. The van der Waals surface area contributed by atoms with Gasteiger partial charge in [0.05, 0.1) is 6.07 Å². The van der Waals surface area contributed by atoms with Gasteiger partial charge in [0.25, 0.3) is 5.91 Å². The number of rotatable bonds is 5. The number of amides is 1. The van der Waals surface area contributed by atoms with Crippen molar-refractivity contribution in [2.24, 2.45) is 0 Å². The van der Waals surface area contributed by atoms with E-state index in [1.165, 1.54) is 6.08 Å². The molecule has 1 aliphatic heterocycles. The molecule has 1 saturated carbocycles. The van der Waals surface area contributed by atoms with Gasteiger partial charge in [0.2, 0.25) is 0 Å². The second-order valence-electron chi connectivity index (χ2n) is 6.65. The molecule has 3 rings (SSSR count). The number of hydrogen-bond acceptors (Lipinski definition) is 6. The number of esters is 1. The first kappa shape index (κ1) is 18.8. The molecule has 27 heavy (non-hydrogen) atoms. The van der Waals surface area contributed by atoms with E-state index < -0.39 is 24.0 Å². The molecule has 0 unspecified atom stereocenters. The summed E-state index contributed by atoms with van der Waals surface area (Å²) in [7, 11) is 0. The molecule has 0 saturated heterocycles. The van der Waals surface area contributed by atoms with E-state index in [1.807, 2.05) is 0 Å². The number of benzene rings is 1. The van der Waals surface area contributed by atoms with Gasteiger partial charge in [0.15, 0.2) is 18.1 Å². The quantitative estimate of drug-likeness (QED) is 0.631. The minimum Gasteiger partial charge on any atom is -0.486 e. The molecule has 0 spiro atoms. The summed E-state index contributed by atoms with van der Waals surface area (Å²) in [6, 6.07) is 7.54. The van der Waals surface area contributed by atoms with Crippen molar-refractivity contribution in [3.63, 3.8) is 0 Å². The molecule has 0 atom stereocenters. The van der Waals surface area contributed by atoms with Crippen LogP contribution in [-0.4, -0.2) is 37.2 Å². The van der Waals surface area contributed by atoms with Gasteiger partial charge in [-0.3, -0.25) is 4.79 Å².